The number of hydrogen-bond donors (Lipinski definition) is 2. The van der Waals surface area contributed by atoms with Gasteiger partial charge < -0.3 is 10.4 Å². The summed E-state index contributed by atoms with van der Waals surface area (Å²) < 4.78 is 35.5. The van der Waals surface area contributed by atoms with Crippen molar-refractivity contribution >= 4 is 17.7 Å². The maximum Gasteiger partial charge on any atom is 0.441 e. The minimum Gasteiger partial charge on any atom is -0.508 e. The second kappa shape index (κ2) is 5.99. The van der Waals surface area contributed by atoms with Gasteiger partial charge in [0.1, 0.15) is 5.75 Å². The van der Waals surface area contributed by atoms with Crippen molar-refractivity contribution in [1.82, 2.24) is 5.32 Å². The van der Waals surface area contributed by atoms with Gasteiger partial charge in [0, 0.05) is 23.4 Å². The molecule has 0 saturated heterocycles. The Kier molecular flexibility index (Phi) is 4.89. The lowest BCUT2D eigenvalue weighted by Crippen LogP contribution is -2.27. The van der Waals surface area contributed by atoms with Crippen LogP contribution in [0, 0.1) is 6.92 Å². The van der Waals surface area contributed by atoms with E-state index < -0.39 is 11.4 Å². The van der Waals surface area contributed by atoms with E-state index in [1.54, 1.807) is 6.92 Å². The van der Waals surface area contributed by atoms with Gasteiger partial charge in [-0.25, -0.2) is 0 Å². The molecule has 100 valence electrons. The molecule has 2 N–H and O–H groups in total. The van der Waals surface area contributed by atoms with Gasteiger partial charge in [0.2, 0.25) is 0 Å². The van der Waals surface area contributed by atoms with E-state index in [0.29, 0.717) is 5.56 Å². The third kappa shape index (κ3) is 4.48. The van der Waals surface area contributed by atoms with E-state index in [0.717, 1.165) is 0 Å². The third-order valence-electron chi connectivity index (χ3n) is 2.20. The molecular weight excluding hydrogens is 267 g/mol. The Labute approximate surface area is 106 Å². The largest absolute Gasteiger partial charge is 0.508 e. The predicted octanol–water partition coefficient (Wildman–Crippen LogP) is 2.68. The molecule has 7 heteroatoms. The molecule has 0 unspecified atom stereocenters. The van der Waals surface area contributed by atoms with Crippen LogP contribution in [0.2, 0.25) is 0 Å². The van der Waals surface area contributed by atoms with E-state index in [1.165, 1.54) is 18.2 Å². The normalized spacial score (nSPS) is 11.3. The summed E-state index contributed by atoms with van der Waals surface area (Å²) in [5.41, 5.74) is -3.63. The standard InChI is InChI=1S/C11H12F3NO2S/c1-7-8(3-2-4-9(7)16)10(17)15-5-6-18-11(12,13)14/h2-4,16H,5-6H2,1H3,(H,15,17). The van der Waals surface area contributed by atoms with Crippen LogP contribution in [0.4, 0.5) is 13.2 Å². The van der Waals surface area contributed by atoms with Gasteiger partial charge in [-0.15, -0.1) is 0 Å². The number of thioether (sulfide) groups is 1. The first-order valence-electron chi connectivity index (χ1n) is 5.09. The molecule has 0 fully saturated rings. The van der Waals surface area contributed by atoms with E-state index in [9.17, 15) is 23.1 Å². The minimum absolute atomic E-state index is 0.0210. The summed E-state index contributed by atoms with van der Waals surface area (Å²) in [5, 5.41) is 11.8. The molecule has 0 aliphatic carbocycles. The molecular formula is C11H12F3NO2S. The average molecular weight is 279 g/mol. The fraction of sp³-hybridized carbons (Fsp3) is 0.364. The van der Waals surface area contributed by atoms with Crippen molar-refractivity contribution in [2.45, 2.75) is 12.4 Å². The van der Waals surface area contributed by atoms with Crippen molar-refractivity contribution in [2.75, 3.05) is 12.3 Å². The lowest BCUT2D eigenvalue weighted by atomic mass is 10.1. The summed E-state index contributed by atoms with van der Waals surface area (Å²) in [7, 11) is 0. The van der Waals surface area contributed by atoms with E-state index in [2.05, 4.69) is 5.32 Å². The van der Waals surface area contributed by atoms with E-state index in [1.807, 2.05) is 0 Å². The van der Waals surface area contributed by atoms with Crippen LogP contribution in [0.15, 0.2) is 18.2 Å². The third-order valence-corrected chi connectivity index (χ3v) is 2.94. The number of rotatable bonds is 4. The lowest BCUT2D eigenvalue weighted by molar-refractivity contribution is -0.0327. The maximum absolute atomic E-state index is 11.8. The zero-order valence-corrected chi connectivity index (χ0v) is 10.4. The number of nitrogens with one attached hydrogen (secondary N) is 1. The number of aromatic hydroxyl groups is 1. The lowest BCUT2D eigenvalue weighted by Gasteiger charge is -2.09. The van der Waals surface area contributed by atoms with Crippen LogP contribution in [0.3, 0.4) is 0 Å². The topological polar surface area (TPSA) is 49.3 Å². The molecule has 0 bridgehead atoms. The van der Waals surface area contributed by atoms with E-state index in [4.69, 9.17) is 0 Å². The fourth-order valence-electron chi connectivity index (χ4n) is 1.30. The van der Waals surface area contributed by atoms with Crippen LogP contribution in [-0.2, 0) is 0 Å². The summed E-state index contributed by atoms with van der Waals surface area (Å²) in [4.78, 5) is 11.6. The maximum atomic E-state index is 11.8. The van der Waals surface area contributed by atoms with Crippen LogP contribution < -0.4 is 5.32 Å². The smallest absolute Gasteiger partial charge is 0.441 e. The number of benzene rings is 1. The van der Waals surface area contributed by atoms with Crippen LogP contribution in [0.5, 0.6) is 5.75 Å². The Morgan fingerprint density at radius 3 is 2.72 bits per heavy atom. The van der Waals surface area contributed by atoms with Gasteiger partial charge in [0.05, 0.1) is 0 Å². The monoisotopic (exact) mass is 279 g/mol. The van der Waals surface area contributed by atoms with Crippen LogP contribution in [0.25, 0.3) is 0 Å². The van der Waals surface area contributed by atoms with Gasteiger partial charge in [-0.3, -0.25) is 4.79 Å². The second-order valence-corrected chi connectivity index (χ2v) is 4.66. The molecule has 0 heterocycles. The predicted molar refractivity (Wildman–Crippen MR) is 63.7 cm³/mol. The SMILES string of the molecule is Cc1c(O)cccc1C(=O)NCCSC(F)(F)F. The molecule has 0 radical (unpaired) electrons. The van der Waals surface area contributed by atoms with Crippen molar-refractivity contribution in [3.63, 3.8) is 0 Å². The van der Waals surface area contributed by atoms with Crippen LogP contribution >= 0.6 is 11.8 Å². The molecule has 0 aliphatic rings. The highest BCUT2D eigenvalue weighted by atomic mass is 32.2. The Morgan fingerprint density at radius 2 is 2.11 bits per heavy atom. The van der Waals surface area contributed by atoms with Gasteiger partial charge in [-0.05, 0) is 30.8 Å². The Balaban J connectivity index is 2.49. The zero-order chi connectivity index (χ0) is 13.8. The number of hydrogen-bond acceptors (Lipinski definition) is 3. The molecule has 0 saturated carbocycles. The molecule has 3 nitrogen and oxygen atoms in total. The van der Waals surface area contributed by atoms with E-state index >= 15 is 0 Å². The molecule has 0 spiro atoms. The number of amides is 1. The highest BCUT2D eigenvalue weighted by Gasteiger charge is 2.27. The Hall–Kier alpha value is -1.37. The average Bonchev–Trinajstić information content (AvgIpc) is 2.26. The van der Waals surface area contributed by atoms with Crippen molar-refractivity contribution in [3.8, 4) is 5.75 Å². The van der Waals surface area contributed by atoms with Crippen molar-refractivity contribution in [1.29, 1.82) is 0 Å². The Bertz CT molecular complexity index is 435. The number of carbonyl (C=O) groups excluding carboxylic acids is 1. The van der Waals surface area contributed by atoms with Crippen LogP contribution in [-0.4, -0.2) is 28.8 Å². The number of phenols is 1. The minimum atomic E-state index is -4.29. The summed E-state index contributed by atoms with van der Waals surface area (Å²) in [6.45, 7) is 1.48. The van der Waals surface area contributed by atoms with Gasteiger partial charge in [-0.1, -0.05) is 6.07 Å². The summed E-state index contributed by atoms with van der Waals surface area (Å²) >= 11 is -0.186. The molecule has 0 aromatic heterocycles. The summed E-state index contributed by atoms with van der Waals surface area (Å²) in [5.74, 6) is -0.758. The van der Waals surface area contributed by atoms with Crippen molar-refractivity contribution in [3.05, 3.63) is 29.3 Å². The van der Waals surface area contributed by atoms with Crippen LogP contribution in [0.1, 0.15) is 15.9 Å². The first-order chi connectivity index (χ1) is 8.31. The zero-order valence-electron chi connectivity index (χ0n) is 9.54. The molecule has 18 heavy (non-hydrogen) atoms. The molecule has 1 aromatic carbocycles. The highest BCUT2D eigenvalue weighted by molar-refractivity contribution is 8.00. The molecule has 1 rings (SSSR count). The second-order valence-electron chi connectivity index (χ2n) is 3.50. The van der Waals surface area contributed by atoms with Crippen molar-refractivity contribution < 1.29 is 23.1 Å². The number of phenolic OH excluding ortho intramolecular Hbond substituents is 1. The Morgan fingerprint density at radius 1 is 1.44 bits per heavy atom. The van der Waals surface area contributed by atoms with Gasteiger partial charge in [0.15, 0.2) is 0 Å². The first-order valence-corrected chi connectivity index (χ1v) is 6.07. The van der Waals surface area contributed by atoms with Crippen molar-refractivity contribution in [2.24, 2.45) is 0 Å². The molecule has 1 amide bonds. The molecule has 1 aromatic rings. The van der Waals surface area contributed by atoms with Gasteiger partial charge in [-0.2, -0.15) is 13.2 Å². The fourth-order valence-corrected chi connectivity index (χ4v) is 1.73. The molecule has 0 aliphatic heterocycles. The quantitative estimate of drug-likeness (QED) is 0.833. The number of alkyl halides is 3. The van der Waals surface area contributed by atoms with E-state index in [-0.39, 0.29) is 35.4 Å². The van der Waals surface area contributed by atoms with Gasteiger partial charge >= 0.3 is 5.51 Å². The first kappa shape index (κ1) is 14.7. The highest BCUT2D eigenvalue weighted by Crippen LogP contribution is 2.29. The molecule has 0 atom stereocenters. The number of halogens is 3. The summed E-state index contributed by atoms with van der Waals surface area (Å²) in [6.07, 6.45) is 0. The summed E-state index contributed by atoms with van der Waals surface area (Å²) in [6, 6.07) is 4.44. The number of carbonyl (C=O) groups is 1. The van der Waals surface area contributed by atoms with Gasteiger partial charge in [0.25, 0.3) is 5.91 Å².